The second-order valence-corrected chi connectivity index (χ2v) is 8.34. The summed E-state index contributed by atoms with van der Waals surface area (Å²) < 4.78 is 13.8. The minimum Gasteiger partial charge on any atom is -0.356 e. The van der Waals surface area contributed by atoms with E-state index in [-0.39, 0.29) is 17.8 Å². The molecule has 1 amide bonds. The second kappa shape index (κ2) is 8.03. The molecule has 1 atom stereocenters. The predicted molar refractivity (Wildman–Crippen MR) is 121 cm³/mol. The molecule has 0 bridgehead atoms. The van der Waals surface area contributed by atoms with E-state index in [1.54, 1.807) is 6.07 Å². The third-order valence-corrected chi connectivity index (χ3v) is 6.27. The molecule has 0 radical (unpaired) electrons. The molecular formula is C27H25FN2O. The zero-order valence-corrected chi connectivity index (χ0v) is 17.6. The Morgan fingerprint density at radius 1 is 1.06 bits per heavy atom. The number of hydrogen-bond acceptors (Lipinski definition) is 1. The van der Waals surface area contributed by atoms with Gasteiger partial charge in [-0.2, -0.15) is 0 Å². The Hall–Kier alpha value is -3.40. The van der Waals surface area contributed by atoms with Crippen molar-refractivity contribution in [2.75, 3.05) is 6.54 Å². The quantitative estimate of drug-likeness (QED) is 0.457. The molecule has 4 aromatic rings. The Kier molecular flexibility index (Phi) is 5.06. The third kappa shape index (κ3) is 3.74. The number of halogens is 1. The van der Waals surface area contributed by atoms with Gasteiger partial charge in [0.25, 0.3) is 0 Å². The van der Waals surface area contributed by atoms with Crippen molar-refractivity contribution >= 4 is 16.8 Å². The topological polar surface area (TPSA) is 36.1 Å². The van der Waals surface area contributed by atoms with Gasteiger partial charge in [0, 0.05) is 29.6 Å². The fraction of sp³-hybridized carbons (Fsp3) is 0.222. The Bertz CT molecular complexity index is 1230. The highest BCUT2D eigenvalue weighted by Gasteiger charge is 2.34. The van der Waals surface area contributed by atoms with Crippen molar-refractivity contribution in [1.82, 2.24) is 9.88 Å². The number of carbonyl (C=O) groups excluding carboxylic acids is 1. The first-order valence-corrected chi connectivity index (χ1v) is 10.8. The van der Waals surface area contributed by atoms with E-state index in [1.807, 2.05) is 29.2 Å². The van der Waals surface area contributed by atoms with Crippen molar-refractivity contribution < 1.29 is 9.18 Å². The molecule has 1 N–H and O–H groups in total. The lowest BCUT2D eigenvalue weighted by molar-refractivity contribution is -0.133. The van der Waals surface area contributed by atoms with Gasteiger partial charge < -0.3 is 9.88 Å². The molecule has 2 heterocycles. The summed E-state index contributed by atoms with van der Waals surface area (Å²) in [4.78, 5) is 18.8. The number of H-pyrrole nitrogens is 1. The average Bonchev–Trinajstić information content (AvgIpc) is 3.15. The minimum absolute atomic E-state index is 0.143. The van der Waals surface area contributed by atoms with Gasteiger partial charge in [-0.1, -0.05) is 60.2 Å². The molecule has 0 aliphatic carbocycles. The summed E-state index contributed by atoms with van der Waals surface area (Å²) in [7, 11) is 0. The molecular weight excluding hydrogens is 387 g/mol. The lowest BCUT2D eigenvalue weighted by Gasteiger charge is -2.36. The molecule has 5 rings (SSSR count). The molecule has 0 spiro atoms. The summed E-state index contributed by atoms with van der Waals surface area (Å²) in [6, 6.07) is 23.2. The van der Waals surface area contributed by atoms with E-state index in [0.29, 0.717) is 13.0 Å². The normalized spacial score (nSPS) is 15.8. The van der Waals surface area contributed by atoms with Gasteiger partial charge >= 0.3 is 0 Å². The van der Waals surface area contributed by atoms with Crippen LogP contribution in [-0.2, 0) is 17.6 Å². The van der Waals surface area contributed by atoms with E-state index < -0.39 is 0 Å². The van der Waals surface area contributed by atoms with Gasteiger partial charge in [0.1, 0.15) is 5.82 Å². The second-order valence-electron chi connectivity index (χ2n) is 8.34. The summed E-state index contributed by atoms with van der Waals surface area (Å²) >= 11 is 0. The van der Waals surface area contributed by atoms with Crippen LogP contribution in [0.3, 0.4) is 0 Å². The van der Waals surface area contributed by atoms with Gasteiger partial charge in [-0.05, 0) is 54.7 Å². The molecule has 0 fully saturated rings. The number of benzene rings is 3. The van der Waals surface area contributed by atoms with Crippen LogP contribution in [0.2, 0.25) is 0 Å². The Morgan fingerprint density at radius 3 is 2.61 bits per heavy atom. The van der Waals surface area contributed by atoms with E-state index in [0.717, 1.165) is 35.0 Å². The first-order valence-electron chi connectivity index (χ1n) is 10.8. The lowest BCUT2D eigenvalue weighted by atomic mass is 9.91. The molecule has 1 aromatic heterocycles. The molecule has 31 heavy (non-hydrogen) atoms. The minimum atomic E-state index is -0.256. The zero-order chi connectivity index (χ0) is 21.4. The maximum Gasteiger partial charge on any atom is 0.223 e. The number of nitrogens with one attached hydrogen (secondary N) is 1. The average molecular weight is 413 g/mol. The predicted octanol–water partition coefficient (Wildman–Crippen LogP) is 5.72. The Labute approximate surface area is 181 Å². The van der Waals surface area contributed by atoms with Gasteiger partial charge in [0.15, 0.2) is 0 Å². The molecule has 0 saturated heterocycles. The number of aryl methyl sites for hydroxylation is 2. The van der Waals surface area contributed by atoms with Crippen LogP contribution in [0.4, 0.5) is 4.39 Å². The van der Waals surface area contributed by atoms with Crippen LogP contribution in [0.25, 0.3) is 10.9 Å². The first-order chi connectivity index (χ1) is 15.1. The van der Waals surface area contributed by atoms with Crippen LogP contribution < -0.4 is 0 Å². The lowest BCUT2D eigenvalue weighted by Crippen LogP contribution is -2.40. The van der Waals surface area contributed by atoms with Crippen molar-refractivity contribution in [3.05, 3.63) is 107 Å². The highest BCUT2D eigenvalue weighted by Crippen LogP contribution is 2.39. The molecule has 1 aliphatic rings. The van der Waals surface area contributed by atoms with Crippen LogP contribution in [0, 0.1) is 12.7 Å². The number of aromatic amines is 1. The maximum absolute atomic E-state index is 13.8. The fourth-order valence-corrected chi connectivity index (χ4v) is 4.67. The summed E-state index contributed by atoms with van der Waals surface area (Å²) in [5.41, 5.74) is 6.41. The van der Waals surface area contributed by atoms with Gasteiger partial charge in [-0.25, -0.2) is 4.39 Å². The van der Waals surface area contributed by atoms with E-state index in [2.05, 4.69) is 48.3 Å². The van der Waals surface area contributed by atoms with E-state index in [1.165, 1.54) is 22.8 Å². The molecule has 1 aliphatic heterocycles. The highest BCUT2D eigenvalue weighted by molar-refractivity contribution is 5.86. The number of carbonyl (C=O) groups is 1. The smallest absolute Gasteiger partial charge is 0.223 e. The molecule has 156 valence electrons. The SMILES string of the molecule is Cc1ccc(C2c3[nH]c4cc(F)ccc4c3CCN2C(=O)CCc2ccccc2)cc1. The van der Waals surface area contributed by atoms with Gasteiger partial charge in [0.05, 0.1) is 6.04 Å². The van der Waals surface area contributed by atoms with Crippen LogP contribution >= 0.6 is 0 Å². The maximum atomic E-state index is 13.8. The monoisotopic (exact) mass is 412 g/mol. The summed E-state index contributed by atoms with van der Waals surface area (Å²) in [5, 5.41) is 1.05. The van der Waals surface area contributed by atoms with Crippen molar-refractivity contribution in [3.63, 3.8) is 0 Å². The molecule has 1 unspecified atom stereocenters. The van der Waals surface area contributed by atoms with E-state index in [4.69, 9.17) is 0 Å². The standard InChI is InChI=1S/C27H25FN2O/c1-18-7-10-20(11-8-18)27-26-23(22-13-12-21(28)17-24(22)29-26)15-16-30(27)25(31)14-9-19-5-3-2-4-6-19/h2-8,10-13,17,27,29H,9,14-16H2,1H3. The van der Waals surface area contributed by atoms with Crippen molar-refractivity contribution in [2.45, 2.75) is 32.2 Å². The Morgan fingerprint density at radius 2 is 1.84 bits per heavy atom. The van der Waals surface area contributed by atoms with Crippen molar-refractivity contribution in [3.8, 4) is 0 Å². The number of fused-ring (bicyclic) bond motifs is 3. The number of rotatable bonds is 4. The highest BCUT2D eigenvalue weighted by atomic mass is 19.1. The summed E-state index contributed by atoms with van der Waals surface area (Å²) in [6.07, 6.45) is 1.96. The van der Waals surface area contributed by atoms with Crippen molar-refractivity contribution in [2.24, 2.45) is 0 Å². The number of amides is 1. The van der Waals surface area contributed by atoms with Crippen molar-refractivity contribution in [1.29, 1.82) is 0 Å². The van der Waals surface area contributed by atoms with Crippen LogP contribution in [0.1, 0.15) is 40.4 Å². The number of hydrogen-bond donors (Lipinski definition) is 1. The van der Waals surface area contributed by atoms with Crippen LogP contribution in [0.5, 0.6) is 0 Å². The van der Waals surface area contributed by atoms with Crippen LogP contribution in [-0.4, -0.2) is 22.3 Å². The molecule has 0 saturated carbocycles. The molecule has 3 nitrogen and oxygen atoms in total. The summed E-state index contributed by atoms with van der Waals surface area (Å²) in [6.45, 7) is 2.72. The molecule has 3 aromatic carbocycles. The zero-order valence-electron chi connectivity index (χ0n) is 17.6. The largest absolute Gasteiger partial charge is 0.356 e. The van der Waals surface area contributed by atoms with E-state index in [9.17, 15) is 9.18 Å². The van der Waals surface area contributed by atoms with Gasteiger partial charge in [-0.15, -0.1) is 0 Å². The third-order valence-electron chi connectivity index (χ3n) is 6.27. The fourth-order valence-electron chi connectivity index (χ4n) is 4.67. The van der Waals surface area contributed by atoms with Crippen LogP contribution in [0.15, 0.2) is 72.8 Å². The first kappa shape index (κ1) is 19.6. The Balaban J connectivity index is 1.52. The number of nitrogens with zero attached hydrogens (tertiary/aromatic N) is 1. The molecule has 4 heteroatoms. The van der Waals surface area contributed by atoms with Gasteiger partial charge in [-0.3, -0.25) is 4.79 Å². The van der Waals surface area contributed by atoms with E-state index >= 15 is 0 Å². The summed E-state index contributed by atoms with van der Waals surface area (Å²) in [5.74, 6) is -0.112. The van der Waals surface area contributed by atoms with Gasteiger partial charge in [0.2, 0.25) is 5.91 Å². The number of aromatic nitrogens is 1.